The molecule has 1 unspecified atom stereocenters. The van der Waals surface area contributed by atoms with Gasteiger partial charge in [0.15, 0.2) is 0 Å². The topological polar surface area (TPSA) is 42.3 Å². The van der Waals surface area contributed by atoms with Crippen molar-refractivity contribution in [3.05, 3.63) is 0 Å². The van der Waals surface area contributed by atoms with Gasteiger partial charge in [0.05, 0.1) is 6.07 Å². The van der Waals surface area contributed by atoms with Gasteiger partial charge in [-0.2, -0.15) is 5.26 Å². The van der Waals surface area contributed by atoms with Crippen LogP contribution in [-0.4, -0.2) is 61.2 Å². The quantitative estimate of drug-likeness (QED) is 0.773. The summed E-state index contributed by atoms with van der Waals surface area (Å²) in [4.78, 5) is 4.79. The van der Waals surface area contributed by atoms with E-state index in [4.69, 9.17) is 5.26 Å². The number of hydrogen-bond donors (Lipinski definition) is 1. The van der Waals surface area contributed by atoms with Crippen LogP contribution in [0.15, 0.2) is 0 Å². The van der Waals surface area contributed by atoms with Crippen molar-refractivity contribution in [1.82, 2.24) is 15.1 Å². The van der Waals surface area contributed by atoms with Gasteiger partial charge in [0.25, 0.3) is 0 Å². The van der Waals surface area contributed by atoms with E-state index in [1.54, 1.807) is 0 Å². The third-order valence-corrected chi connectivity index (χ3v) is 3.63. The van der Waals surface area contributed by atoms with Crippen LogP contribution in [0.2, 0.25) is 0 Å². The molecule has 1 fully saturated rings. The van der Waals surface area contributed by atoms with Gasteiger partial charge in [-0.25, -0.2) is 0 Å². The largest absolute Gasteiger partial charge is 0.301 e. The van der Waals surface area contributed by atoms with Crippen molar-refractivity contribution < 1.29 is 0 Å². The van der Waals surface area contributed by atoms with E-state index in [9.17, 15) is 0 Å². The van der Waals surface area contributed by atoms with Crippen LogP contribution in [-0.2, 0) is 0 Å². The highest BCUT2D eigenvalue weighted by atomic mass is 15.3. The van der Waals surface area contributed by atoms with Gasteiger partial charge >= 0.3 is 0 Å². The van der Waals surface area contributed by atoms with Gasteiger partial charge < -0.3 is 5.32 Å². The minimum atomic E-state index is -0.0332. The number of hydrogen-bond acceptors (Lipinski definition) is 4. The number of piperazine rings is 1. The Morgan fingerprint density at radius 2 is 2.12 bits per heavy atom. The molecular weight excluding hydrogens is 212 g/mol. The highest BCUT2D eigenvalue weighted by molar-refractivity contribution is 4.95. The maximum Gasteiger partial charge on any atom is 0.108 e. The predicted molar refractivity (Wildman–Crippen MR) is 70.8 cm³/mol. The van der Waals surface area contributed by atoms with Gasteiger partial charge in [0.2, 0.25) is 0 Å². The molecule has 0 aromatic heterocycles. The first-order valence-electron chi connectivity index (χ1n) is 6.56. The number of nitriles is 1. The average molecular weight is 238 g/mol. The Morgan fingerprint density at radius 1 is 1.41 bits per heavy atom. The molecule has 0 saturated carbocycles. The highest BCUT2D eigenvalue weighted by Crippen LogP contribution is 2.18. The summed E-state index contributed by atoms with van der Waals surface area (Å²) in [6.45, 7) is 11.6. The molecule has 17 heavy (non-hydrogen) atoms. The lowest BCUT2D eigenvalue weighted by molar-refractivity contribution is 0.0379. The monoisotopic (exact) mass is 238 g/mol. The second-order valence-electron chi connectivity index (χ2n) is 5.60. The zero-order valence-electron chi connectivity index (χ0n) is 11.7. The summed E-state index contributed by atoms with van der Waals surface area (Å²) in [6, 6.07) is 2.32. The van der Waals surface area contributed by atoms with Gasteiger partial charge in [-0.15, -0.1) is 0 Å². The van der Waals surface area contributed by atoms with Crippen molar-refractivity contribution in [1.29, 1.82) is 5.26 Å². The molecule has 1 aliphatic heterocycles. The van der Waals surface area contributed by atoms with E-state index in [0.29, 0.717) is 0 Å². The average Bonchev–Trinajstić information content (AvgIpc) is 2.28. The van der Waals surface area contributed by atoms with Gasteiger partial charge in [0.1, 0.15) is 6.04 Å². The Kier molecular flexibility index (Phi) is 5.38. The van der Waals surface area contributed by atoms with E-state index in [0.717, 1.165) is 39.1 Å². The summed E-state index contributed by atoms with van der Waals surface area (Å²) < 4.78 is 0. The second-order valence-corrected chi connectivity index (χ2v) is 5.60. The third-order valence-electron chi connectivity index (χ3n) is 3.63. The van der Waals surface area contributed by atoms with Crippen LogP contribution in [0.1, 0.15) is 27.2 Å². The SMILES string of the molecule is CCCNC(C#N)CN1CCN(C)C(C)(C)C1. The first-order valence-corrected chi connectivity index (χ1v) is 6.56. The predicted octanol–water partition coefficient (Wildman–Crippen LogP) is 0.904. The van der Waals surface area contributed by atoms with Gasteiger partial charge in [-0.3, -0.25) is 9.80 Å². The van der Waals surface area contributed by atoms with Gasteiger partial charge in [-0.1, -0.05) is 6.92 Å². The summed E-state index contributed by atoms with van der Waals surface area (Å²) in [7, 11) is 2.18. The Hall–Kier alpha value is -0.630. The van der Waals surface area contributed by atoms with Crippen LogP contribution in [0, 0.1) is 11.3 Å². The van der Waals surface area contributed by atoms with E-state index >= 15 is 0 Å². The summed E-state index contributed by atoms with van der Waals surface area (Å²) in [5.41, 5.74) is 0.211. The number of nitrogens with one attached hydrogen (secondary N) is 1. The molecule has 1 aliphatic rings. The van der Waals surface area contributed by atoms with Crippen LogP contribution in [0.25, 0.3) is 0 Å². The minimum Gasteiger partial charge on any atom is -0.301 e. The Balaban J connectivity index is 2.44. The molecule has 1 heterocycles. The lowest BCUT2D eigenvalue weighted by Gasteiger charge is -2.45. The molecule has 0 bridgehead atoms. The first-order chi connectivity index (χ1) is 7.99. The molecule has 1 N–H and O–H groups in total. The Labute approximate surface area is 106 Å². The standard InChI is InChI=1S/C13H26N4/c1-5-6-15-12(9-14)10-17-8-7-16(4)13(2,3)11-17/h12,15H,5-8,10-11H2,1-4H3. The first kappa shape index (κ1) is 14.4. The molecule has 4 heteroatoms. The summed E-state index contributed by atoms with van der Waals surface area (Å²) in [5.74, 6) is 0. The number of likely N-dealkylation sites (N-methyl/N-ethyl adjacent to an activating group) is 1. The Morgan fingerprint density at radius 3 is 2.65 bits per heavy atom. The molecule has 0 aliphatic carbocycles. The fourth-order valence-corrected chi connectivity index (χ4v) is 2.22. The molecule has 1 atom stereocenters. The Bertz CT molecular complexity index is 269. The van der Waals surface area contributed by atoms with E-state index in [1.807, 2.05) is 0 Å². The number of nitrogens with zero attached hydrogens (tertiary/aromatic N) is 3. The van der Waals surface area contributed by atoms with Gasteiger partial charge in [0, 0.05) is 31.7 Å². The molecule has 0 amide bonds. The fourth-order valence-electron chi connectivity index (χ4n) is 2.22. The molecule has 1 saturated heterocycles. The molecule has 0 aromatic rings. The molecule has 0 spiro atoms. The summed E-state index contributed by atoms with van der Waals surface area (Å²) >= 11 is 0. The summed E-state index contributed by atoms with van der Waals surface area (Å²) in [5, 5.41) is 12.4. The maximum atomic E-state index is 9.12. The summed E-state index contributed by atoms with van der Waals surface area (Å²) in [6.07, 6.45) is 1.08. The molecule has 4 nitrogen and oxygen atoms in total. The smallest absolute Gasteiger partial charge is 0.108 e. The normalized spacial score (nSPS) is 23.2. The van der Waals surface area contributed by atoms with Crippen LogP contribution < -0.4 is 5.32 Å². The molecule has 98 valence electrons. The van der Waals surface area contributed by atoms with Crippen LogP contribution in [0.3, 0.4) is 0 Å². The number of rotatable bonds is 5. The van der Waals surface area contributed by atoms with Crippen molar-refractivity contribution in [3.8, 4) is 6.07 Å². The van der Waals surface area contributed by atoms with Crippen LogP contribution in [0.4, 0.5) is 0 Å². The van der Waals surface area contributed by atoms with Crippen molar-refractivity contribution in [2.24, 2.45) is 0 Å². The molecule has 0 aromatic carbocycles. The lowest BCUT2D eigenvalue weighted by atomic mass is 9.99. The van der Waals surface area contributed by atoms with Crippen molar-refractivity contribution in [2.45, 2.75) is 38.8 Å². The van der Waals surface area contributed by atoms with Crippen molar-refractivity contribution >= 4 is 0 Å². The maximum absolute atomic E-state index is 9.12. The van der Waals surface area contributed by atoms with Crippen LogP contribution >= 0.6 is 0 Å². The van der Waals surface area contributed by atoms with Gasteiger partial charge in [-0.05, 0) is 33.9 Å². The molecular formula is C13H26N4. The van der Waals surface area contributed by atoms with Crippen LogP contribution in [0.5, 0.6) is 0 Å². The van der Waals surface area contributed by atoms with E-state index in [-0.39, 0.29) is 11.6 Å². The van der Waals surface area contributed by atoms with E-state index in [1.165, 1.54) is 0 Å². The van der Waals surface area contributed by atoms with E-state index < -0.39 is 0 Å². The molecule has 0 radical (unpaired) electrons. The lowest BCUT2D eigenvalue weighted by Crippen LogP contribution is -2.59. The fraction of sp³-hybridized carbons (Fsp3) is 0.923. The second kappa shape index (κ2) is 6.34. The highest BCUT2D eigenvalue weighted by Gasteiger charge is 2.31. The minimum absolute atomic E-state index is 0.0332. The van der Waals surface area contributed by atoms with E-state index in [2.05, 4.69) is 49.0 Å². The van der Waals surface area contributed by atoms with Crippen molar-refractivity contribution in [3.63, 3.8) is 0 Å². The molecule has 1 rings (SSSR count). The zero-order chi connectivity index (χ0) is 12.9. The van der Waals surface area contributed by atoms with Crippen molar-refractivity contribution in [2.75, 3.05) is 39.8 Å². The third kappa shape index (κ3) is 4.27. The zero-order valence-corrected chi connectivity index (χ0v) is 11.7.